The second-order valence-electron chi connectivity index (χ2n) is 4.09. The van der Waals surface area contributed by atoms with Gasteiger partial charge < -0.3 is 5.11 Å². The lowest BCUT2D eigenvalue weighted by Gasteiger charge is -1.98. The number of phenols is 1. The normalized spacial score (nSPS) is 10.6. The predicted octanol–water partition coefficient (Wildman–Crippen LogP) is 4.95. The lowest BCUT2D eigenvalue weighted by atomic mass is 10.2. The first-order valence-electron chi connectivity index (χ1n) is 5.73. The van der Waals surface area contributed by atoms with Crippen LogP contribution in [-0.4, -0.2) is 10.1 Å². The molecule has 2 aromatic carbocycles. The molecule has 1 N–H and O–H groups in total. The molecule has 0 unspecified atom stereocenters. The summed E-state index contributed by atoms with van der Waals surface area (Å²) in [7, 11) is 0. The molecular weight excluding hydrogens is 322 g/mol. The fourth-order valence-electron chi connectivity index (χ4n) is 1.76. The van der Waals surface area contributed by atoms with Gasteiger partial charge in [0.25, 0.3) is 0 Å². The largest absolute Gasteiger partial charge is 0.508 e. The Morgan fingerprint density at radius 1 is 0.895 bits per heavy atom. The minimum atomic E-state index is 0.272. The van der Waals surface area contributed by atoms with Gasteiger partial charge in [-0.3, -0.25) is 0 Å². The van der Waals surface area contributed by atoms with E-state index in [1.165, 1.54) is 0 Å². The van der Waals surface area contributed by atoms with Crippen LogP contribution in [0.5, 0.6) is 5.75 Å². The summed E-state index contributed by atoms with van der Waals surface area (Å²) in [5.41, 5.74) is 3.09. The van der Waals surface area contributed by atoms with Crippen molar-refractivity contribution in [2.75, 3.05) is 0 Å². The van der Waals surface area contributed by atoms with Crippen molar-refractivity contribution in [2.24, 2.45) is 0 Å². The molecule has 0 saturated carbocycles. The molecule has 2 nitrogen and oxygen atoms in total. The molecule has 19 heavy (non-hydrogen) atoms. The second kappa shape index (κ2) is 5.15. The van der Waals surface area contributed by atoms with Gasteiger partial charge in [-0.2, -0.15) is 0 Å². The quantitative estimate of drug-likeness (QED) is 0.721. The van der Waals surface area contributed by atoms with Crippen molar-refractivity contribution in [2.45, 2.75) is 0 Å². The van der Waals surface area contributed by atoms with Crippen LogP contribution < -0.4 is 0 Å². The molecule has 0 bridgehead atoms. The maximum atomic E-state index is 9.29. The number of hydrogen-bond acceptors (Lipinski definition) is 3. The van der Waals surface area contributed by atoms with Gasteiger partial charge in [0, 0.05) is 21.0 Å². The van der Waals surface area contributed by atoms with Crippen molar-refractivity contribution in [1.82, 2.24) is 4.98 Å². The third-order valence-corrected chi connectivity index (χ3v) is 4.18. The highest BCUT2D eigenvalue weighted by Gasteiger charge is 2.06. The first-order chi connectivity index (χ1) is 9.22. The average Bonchev–Trinajstić information content (AvgIpc) is 2.90. The number of benzene rings is 2. The van der Waals surface area contributed by atoms with Gasteiger partial charge >= 0.3 is 0 Å². The molecule has 1 heterocycles. The van der Waals surface area contributed by atoms with Crippen molar-refractivity contribution in [1.29, 1.82) is 0 Å². The SMILES string of the molecule is Oc1ccc(-c2nc(-c3ccc(Br)cc3)cs2)cc1. The van der Waals surface area contributed by atoms with E-state index < -0.39 is 0 Å². The molecule has 3 aromatic rings. The van der Waals surface area contributed by atoms with Crippen molar-refractivity contribution in [3.63, 3.8) is 0 Å². The van der Waals surface area contributed by atoms with Crippen molar-refractivity contribution < 1.29 is 5.11 Å². The molecule has 0 aliphatic heterocycles. The number of rotatable bonds is 2. The molecule has 3 rings (SSSR count). The topological polar surface area (TPSA) is 33.1 Å². The smallest absolute Gasteiger partial charge is 0.124 e. The van der Waals surface area contributed by atoms with E-state index in [1.807, 2.05) is 41.8 Å². The van der Waals surface area contributed by atoms with E-state index in [4.69, 9.17) is 0 Å². The average molecular weight is 332 g/mol. The van der Waals surface area contributed by atoms with Crippen LogP contribution in [0.25, 0.3) is 21.8 Å². The highest BCUT2D eigenvalue weighted by Crippen LogP contribution is 2.30. The van der Waals surface area contributed by atoms with E-state index in [0.717, 1.165) is 26.3 Å². The Kier molecular flexibility index (Phi) is 3.36. The van der Waals surface area contributed by atoms with E-state index in [-0.39, 0.29) is 5.75 Å². The highest BCUT2D eigenvalue weighted by atomic mass is 79.9. The molecule has 0 saturated heterocycles. The van der Waals surface area contributed by atoms with Crippen LogP contribution in [0.15, 0.2) is 58.4 Å². The summed E-state index contributed by atoms with van der Waals surface area (Å²) in [5, 5.41) is 12.3. The van der Waals surface area contributed by atoms with Crippen LogP contribution in [0.4, 0.5) is 0 Å². The molecule has 0 spiro atoms. The Balaban J connectivity index is 1.95. The Hall–Kier alpha value is -1.65. The Morgan fingerprint density at radius 2 is 1.53 bits per heavy atom. The van der Waals surface area contributed by atoms with Crippen LogP contribution >= 0.6 is 27.3 Å². The van der Waals surface area contributed by atoms with Crippen molar-refractivity contribution in [3.05, 3.63) is 58.4 Å². The Labute approximate surface area is 123 Å². The van der Waals surface area contributed by atoms with Gasteiger partial charge in [0.2, 0.25) is 0 Å². The minimum Gasteiger partial charge on any atom is -0.508 e. The molecule has 0 radical (unpaired) electrons. The van der Waals surface area contributed by atoms with Crippen LogP contribution in [0.3, 0.4) is 0 Å². The number of aromatic nitrogens is 1. The second-order valence-corrected chi connectivity index (χ2v) is 5.87. The zero-order chi connectivity index (χ0) is 13.2. The van der Waals surface area contributed by atoms with Gasteiger partial charge in [0.05, 0.1) is 5.69 Å². The van der Waals surface area contributed by atoms with Crippen LogP contribution in [-0.2, 0) is 0 Å². The number of halogens is 1. The van der Waals surface area contributed by atoms with Crippen molar-refractivity contribution in [3.8, 4) is 27.6 Å². The van der Waals surface area contributed by atoms with Gasteiger partial charge in [-0.1, -0.05) is 28.1 Å². The van der Waals surface area contributed by atoms with E-state index in [2.05, 4.69) is 20.9 Å². The molecular formula is C15H10BrNOS. The van der Waals surface area contributed by atoms with E-state index in [0.29, 0.717) is 0 Å². The summed E-state index contributed by atoms with van der Waals surface area (Å²) in [6.45, 7) is 0. The van der Waals surface area contributed by atoms with Crippen LogP contribution in [0, 0.1) is 0 Å². The highest BCUT2D eigenvalue weighted by molar-refractivity contribution is 9.10. The summed E-state index contributed by atoms with van der Waals surface area (Å²) in [6, 6.07) is 15.2. The summed E-state index contributed by atoms with van der Waals surface area (Å²) in [5.74, 6) is 0.272. The minimum absolute atomic E-state index is 0.272. The lowest BCUT2D eigenvalue weighted by Crippen LogP contribution is -1.79. The number of hydrogen-bond donors (Lipinski definition) is 1. The maximum Gasteiger partial charge on any atom is 0.124 e. The van der Waals surface area contributed by atoms with Gasteiger partial charge in [-0.05, 0) is 36.4 Å². The summed E-state index contributed by atoms with van der Waals surface area (Å²) in [6.07, 6.45) is 0. The Bertz CT molecular complexity index is 629. The Morgan fingerprint density at radius 3 is 2.21 bits per heavy atom. The molecule has 4 heteroatoms. The molecule has 1 aromatic heterocycles. The fourth-order valence-corrected chi connectivity index (χ4v) is 2.86. The van der Waals surface area contributed by atoms with Crippen LogP contribution in [0.2, 0.25) is 0 Å². The predicted molar refractivity (Wildman–Crippen MR) is 82.4 cm³/mol. The summed E-state index contributed by atoms with van der Waals surface area (Å²) < 4.78 is 1.06. The zero-order valence-electron chi connectivity index (χ0n) is 9.88. The van der Waals surface area contributed by atoms with Gasteiger partial charge in [0.1, 0.15) is 10.8 Å². The van der Waals surface area contributed by atoms with Gasteiger partial charge in [-0.15, -0.1) is 11.3 Å². The van der Waals surface area contributed by atoms with E-state index in [9.17, 15) is 5.11 Å². The molecule has 0 aliphatic carbocycles. The number of aromatic hydroxyl groups is 1. The first-order valence-corrected chi connectivity index (χ1v) is 7.40. The third-order valence-electron chi connectivity index (χ3n) is 2.76. The van der Waals surface area contributed by atoms with E-state index >= 15 is 0 Å². The summed E-state index contributed by atoms with van der Waals surface area (Å²) >= 11 is 5.03. The third kappa shape index (κ3) is 2.69. The number of thiazole rings is 1. The van der Waals surface area contributed by atoms with Crippen LogP contribution in [0.1, 0.15) is 0 Å². The number of nitrogens with zero attached hydrogens (tertiary/aromatic N) is 1. The van der Waals surface area contributed by atoms with E-state index in [1.54, 1.807) is 23.5 Å². The molecule has 94 valence electrons. The van der Waals surface area contributed by atoms with Gasteiger partial charge in [-0.25, -0.2) is 4.98 Å². The summed E-state index contributed by atoms with van der Waals surface area (Å²) in [4.78, 5) is 4.63. The molecule has 0 atom stereocenters. The van der Waals surface area contributed by atoms with Gasteiger partial charge in [0.15, 0.2) is 0 Å². The zero-order valence-corrected chi connectivity index (χ0v) is 12.3. The maximum absolute atomic E-state index is 9.29. The molecule has 0 aliphatic rings. The fraction of sp³-hybridized carbons (Fsp3) is 0. The standard InChI is InChI=1S/C15H10BrNOS/c16-12-5-1-10(2-6-12)14-9-19-15(17-14)11-3-7-13(18)8-4-11/h1-9,18H. The monoisotopic (exact) mass is 331 g/mol. The molecule has 0 fully saturated rings. The lowest BCUT2D eigenvalue weighted by molar-refractivity contribution is 0.475. The first kappa shape index (κ1) is 12.4. The molecule has 0 amide bonds. The number of phenolic OH excluding ortho intramolecular Hbond substituents is 1. The van der Waals surface area contributed by atoms with Crippen molar-refractivity contribution >= 4 is 27.3 Å².